The minimum Gasteiger partial charge on any atom is -0.478 e. The van der Waals surface area contributed by atoms with Crippen LogP contribution in [0.3, 0.4) is 0 Å². The van der Waals surface area contributed by atoms with E-state index in [9.17, 15) is 9.18 Å². The molecule has 0 saturated heterocycles. The monoisotopic (exact) mass is 289 g/mol. The molecular formula is C16H16FNO3. The molecule has 1 heterocycles. The Hall–Kier alpha value is -2.30. The summed E-state index contributed by atoms with van der Waals surface area (Å²) in [7, 11) is 0. The zero-order valence-corrected chi connectivity index (χ0v) is 11.6. The van der Waals surface area contributed by atoms with Crippen LogP contribution in [0.15, 0.2) is 34.7 Å². The molecule has 0 aliphatic heterocycles. The summed E-state index contributed by atoms with van der Waals surface area (Å²) < 4.78 is 19.4. The number of carbonyl (C=O) groups is 1. The van der Waals surface area contributed by atoms with E-state index < -0.39 is 11.8 Å². The van der Waals surface area contributed by atoms with E-state index in [0.717, 1.165) is 18.2 Å². The molecule has 0 amide bonds. The van der Waals surface area contributed by atoms with Gasteiger partial charge in [-0.25, -0.2) is 9.18 Å². The van der Waals surface area contributed by atoms with Gasteiger partial charge in [-0.2, -0.15) is 0 Å². The standard InChI is InChI=1S/C16H16FNO3/c1-9-6-12(9)15-5-3-11(21-15)8-18-14-7-10(16(19)20)2-4-13(14)17/h2-5,7,9,12,18H,6,8H2,1H3,(H,19,20). The maximum Gasteiger partial charge on any atom is 0.335 e. The lowest BCUT2D eigenvalue weighted by molar-refractivity contribution is 0.0697. The van der Waals surface area contributed by atoms with Crippen molar-refractivity contribution < 1.29 is 18.7 Å². The van der Waals surface area contributed by atoms with Crippen molar-refractivity contribution in [1.82, 2.24) is 0 Å². The molecule has 21 heavy (non-hydrogen) atoms. The first-order chi connectivity index (χ1) is 10.0. The molecule has 1 aliphatic carbocycles. The van der Waals surface area contributed by atoms with Gasteiger partial charge < -0.3 is 14.8 Å². The second-order valence-corrected chi connectivity index (χ2v) is 5.48. The van der Waals surface area contributed by atoms with Gasteiger partial charge in [-0.3, -0.25) is 0 Å². The van der Waals surface area contributed by atoms with Crippen molar-refractivity contribution in [2.75, 3.05) is 5.32 Å². The second kappa shape index (κ2) is 5.24. The molecule has 1 fully saturated rings. The van der Waals surface area contributed by atoms with Crippen molar-refractivity contribution in [3.8, 4) is 0 Å². The molecule has 2 N–H and O–H groups in total. The van der Waals surface area contributed by atoms with E-state index in [4.69, 9.17) is 9.52 Å². The molecule has 0 radical (unpaired) electrons. The smallest absolute Gasteiger partial charge is 0.335 e. The highest BCUT2D eigenvalue weighted by Gasteiger charge is 2.36. The predicted octanol–water partition coefficient (Wildman–Crippen LogP) is 3.85. The molecule has 0 spiro atoms. The van der Waals surface area contributed by atoms with Crippen molar-refractivity contribution in [2.24, 2.45) is 5.92 Å². The number of furan rings is 1. The Bertz CT molecular complexity index is 680. The molecule has 5 heteroatoms. The molecule has 4 nitrogen and oxygen atoms in total. The zero-order valence-electron chi connectivity index (χ0n) is 11.6. The first-order valence-electron chi connectivity index (χ1n) is 6.90. The van der Waals surface area contributed by atoms with Gasteiger partial charge in [0.2, 0.25) is 0 Å². The van der Waals surface area contributed by atoms with Gasteiger partial charge in [-0.05, 0) is 42.7 Å². The number of carboxylic acid groups (broad SMARTS) is 1. The van der Waals surface area contributed by atoms with Crippen molar-refractivity contribution in [2.45, 2.75) is 25.8 Å². The Labute approximate surface area is 121 Å². The number of rotatable bonds is 5. The lowest BCUT2D eigenvalue weighted by Gasteiger charge is -2.07. The number of benzene rings is 1. The summed E-state index contributed by atoms with van der Waals surface area (Å²) in [6, 6.07) is 7.49. The van der Waals surface area contributed by atoms with Crippen LogP contribution in [0.4, 0.5) is 10.1 Å². The Kier molecular flexibility index (Phi) is 3.41. The molecule has 0 bridgehead atoms. The van der Waals surface area contributed by atoms with Crippen LogP contribution >= 0.6 is 0 Å². The van der Waals surface area contributed by atoms with Crippen molar-refractivity contribution in [1.29, 1.82) is 0 Å². The van der Waals surface area contributed by atoms with Crippen LogP contribution in [0.25, 0.3) is 0 Å². The highest BCUT2D eigenvalue weighted by Crippen LogP contribution is 2.47. The zero-order chi connectivity index (χ0) is 15.0. The number of hydrogen-bond acceptors (Lipinski definition) is 3. The molecule has 110 valence electrons. The van der Waals surface area contributed by atoms with Crippen LogP contribution in [0.1, 0.15) is 41.1 Å². The first kappa shape index (κ1) is 13.7. The van der Waals surface area contributed by atoms with Gasteiger partial charge in [0.05, 0.1) is 17.8 Å². The van der Waals surface area contributed by atoms with E-state index in [1.807, 2.05) is 12.1 Å². The average Bonchev–Trinajstić information content (AvgIpc) is 3.00. The number of anilines is 1. The topological polar surface area (TPSA) is 62.5 Å². The maximum atomic E-state index is 13.6. The highest BCUT2D eigenvalue weighted by molar-refractivity contribution is 5.88. The van der Waals surface area contributed by atoms with Gasteiger partial charge in [-0.15, -0.1) is 0 Å². The molecule has 1 aromatic carbocycles. The predicted molar refractivity (Wildman–Crippen MR) is 75.9 cm³/mol. The fraction of sp³-hybridized carbons (Fsp3) is 0.312. The Morgan fingerprint density at radius 1 is 1.43 bits per heavy atom. The van der Waals surface area contributed by atoms with Crippen LogP contribution in [-0.2, 0) is 6.54 Å². The van der Waals surface area contributed by atoms with Crippen LogP contribution in [0.2, 0.25) is 0 Å². The van der Waals surface area contributed by atoms with E-state index in [1.54, 1.807) is 0 Å². The molecule has 2 atom stereocenters. The van der Waals surface area contributed by atoms with Crippen LogP contribution in [0.5, 0.6) is 0 Å². The van der Waals surface area contributed by atoms with Crippen LogP contribution in [0, 0.1) is 11.7 Å². The normalized spacial score (nSPS) is 20.3. The molecule has 1 saturated carbocycles. The van der Waals surface area contributed by atoms with Crippen molar-refractivity contribution >= 4 is 11.7 Å². The fourth-order valence-corrected chi connectivity index (χ4v) is 2.38. The van der Waals surface area contributed by atoms with Crippen LogP contribution in [-0.4, -0.2) is 11.1 Å². The molecule has 2 unspecified atom stereocenters. The lowest BCUT2D eigenvalue weighted by atomic mass is 10.2. The fourth-order valence-electron chi connectivity index (χ4n) is 2.38. The van der Waals surface area contributed by atoms with Gasteiger partial charge in [0.15, 0.2) is 0 Å². The lowest BCUT2D eigenvalue weighted by Crippen LogP contribution is -2.03. The van der Waals surface area contributed by atoms with E-state index in [1.165, 1.54) is 12.1 Å². The summed E-state index contributed by atoms with van der Waals surface area (Å²) in [6.07, 6.45) is 1.15. The van der Waals surface area contributed by atoms with Crippen molar-refractivity contribution in [3.63, 3.8) is 0 Å². The third-order valence-corrected chi connectivity index (χ3v) is 3.82. The Morgan fingerprint density at radius 3 is 2.86 bits per heavy atom. The summed E-state index contributed by atoms with van der Waals surface area (Å²) in [6.45, 7) is 2.50. The van der Waals surface area contributed by atoms with Gasteiger partial charge in [0, 0.05) is 5.92 Å². The Morgan fingerprint density at radius 2 is 2.19 bits per heavy atom. The SMILES string of the molecule is CC1CC1c1ccc(CNc2cc(C(=O)O)ccc2F)o1. The van der Waals surface area contributed by atoms with Gasteiger partial charge in [-0.1, -0.05) is 6.92 Å². The number of halogens is 1. The molecule has 3 rings (SSSR count). The van der Waals surface area contributed by atoms with E-state index in [-0.39, 0.29) is 11.3 Å². The minimum absolute atomic E-state index is 0.0471. The number of hydrogen-bond donors (Lipinski definition) is 2. The summed E-state index contributed by atoms with van der Waals surface area (Å²) in [5.41, 5.74) is 0.207. The Balaban J connectivity index is 1.68. The molecule has 1 aliphatic rings. The molecule has 2 aromatic rings. The van der Waals surface area contributed by atoms with E-state index in [0.29, 0.717) is 24.1 Å². The molecular weight excluding hydrogens is 273 g/mol. The van der Waals surface area contributed by atoms with Gasteiger partial charge >= 0.3 is 5.97 Å². The maximum absolute atomic E-state index is 13.6. The summed E-state index contributed by atoms with van der Waals surface area (Å²) in [5, 5.41) is 11.8. The number of nitrogens with one attached hydrogen (secondary N) is 1. The third kappa shape index (κ3) is 2.91. The minimum atomic E-state index is -1.08. The quantitative estimate of drug-likeness (QED) is 0.877. The van der Waals surface area contributed by atoms with E-state index in [2.05, 4.69) is 12.2 Å². The number of aromatic carboxylic acids is 1. The average molecular weight is 289 g/mol. The largest absolute Gasteiger partial charge is 0.478 e. The summed E-state index contributed by atoms with van der Waals surface area (Å²) in [4.78, 5) is 10.9. The van der Waals surface area contributed by atoms with E-state index >= 15 is 0 Å². The van der Waals surface area contributed by atoms with Gasteiger partial charge in [0.25, 0.3) is 0 Å². The summed E-state index contributed by atoms with van der Waals surface area (Å²) >= 11 is 0. The van der Waals surface area contributed by atoms with Crippen LogP contribution < -0.4 is 5.32 Å². The number of carboxylic acids is 1. The third-order valence-electron chi connectivity index (χ3n) is 3.82. The van der Waals surface area contributed by atoms with Crippen molar-refractivity contribution in [3.05, 3.63) is 53.2 Å². The van der Waals surface area contributed by atoms with Gasteiger partial charge in [0.1, 0.15) is 17.3 Å². The first-order valence-corrected chi connectivity index (χ1v) is 6.90. The molecule has 1 aromatic heterocycles. The highest BCUT2D eigenvalue weighted by atomic mass is 19.1. The second-order valence-electron chi connectivity index (χ2n) is 5.48. The summed E-state index contributed by atoms with van der Waals surface area (Å²) in [5.74, 6) is 1.29.